The van der Waals surface area contributed by atoms with Crippen molar-refractivity contribution >= 4 is 33.2 Å². The first-order chi connectivity index (χ1) is 14.7. The number of nitrogens with zero attached hydrogens (tertiary/aromatic N) is 3. The summed E-state index contributed by atoms with van der Waals surface area (Å²) in [7, 11) is -3.68. The average molecular weight is 461 g/mol. The maximum absolute atomic E-state index is 12.9. The molecule has 0 aliphatic rings. The third-order valence-corrected chi connectivity index (χ3v) is 6.35. The quantitative estimate of drug-likeness (QED) is 0.555. The molecular weight excluding hydrogens is 436 g/mol. The van der Waals surface area contributed by atoms with Gasteiger partial charge in [-0.15, -0.1) is 0 Å². The van der Waals surface area contributed by atoms with Crippen molar-refractivity contribution in [3.05, 3.63) is 77.3 Å². The van der Waals surface area contributed by atoms with Crippen molar-refractivity contribution in [1.29, 1.82) is 0 Å². The van der Waals surface area contributed by atoms with Crippen LogP contribution < -0.4 is 9.62 Å². The molecule has 1 unspecified atom stereocenters. The number of sulfonamides is 1. The fourth-order valence-electron chi connectivity index (χ4n) is 3.38. The van der Waals surface area contributed by atoms with E-state index in [0.29, 0.717) is 17.1 Å². The van der Waals surface area contributed by atoms with Gasteiger partial charge < -0.3 is 9.88 Å². The van der Waals surface area contributed by atoms with Gasteiger partial charge in [-0.25, -0.2) is 13.4 Å². The van der Waals surface area contributed by atoms with Crippen LogP contribution in [0.2, 0.25) is 5.02 Å². The second-order valence-electron chi connectivity index (χ2n) is 7.19. The molecule has 1 amide bonds. The van der Waals surface area contributed by atoms with Gasteiger partial charge in [0.05, 0.1) is 11.9 Å². The van der Waals surface area contributed by atoms with Crippen molar-refractivity contribution in [2.45, 2.75) is 32.9 Å². The SMILES string of the molecule is CCC(C(=O)NCc1ccc(-n2ccnc2C)cc1)N(c1ccc(Cl)cc1)S(C)(=O)=O. The third kappa shape index (κ3) is 5.45. The van der Waals surface area contributed by atoms with Crippen LogP contribution in [0.3, 0.4) is 0 Å². The van der Waals surface area contributed by atoms with Crippen molar-refractivity contribution in [3.8, 4) is 5.69 Å². The van der Waals surface area contributed by atoms with Gasteiger partial charge in [-0.05, 0) is 55.3 Å². The Balaban J connectivity index is 1.74. The fraction of sp³-hybridized carbons (Fsp3) is 0.273. The summed E-state index contributed by atoms with van der Waals surface area (Å²) in [4.78, 5) is 17.1. The molecule has 164 valence electrons. The Kier molecular flexibility index (Phi) is 7.02. The Bertz CT molecular complexity index is 1140. The van der Waals surface area contributed by atoms with E-state index in [9.17, 15) is 13.2 Å². The number of aromatic nitrogens is 2. The largest absolute Gasteiger partial charge is 0.350 e. The molecule has 0 spiro atoms. The van der Waals surface area contributed by atoms with Crippen LogP contribution in [0.5, 0.6) is 0 Å². The minimum atomic E-state index is -3.68. The molecule has 0 saturated heterocycles. The molecule has 2 aromatic carbocycles. The van der Waals surface area contributed by atoms with E-state index in [2.05, 4.69) is 10.3 Å². The van der Waals surface area contributed by atoms with Gasteiger partial charge in [0.25, 0.3) is 0 Å². The Hall–Kier alpha value is -2.84. The lowest BCUT2D eigenvalue weighted by Crippen LogP contribution is -2.49. The number of anilines is 1. The number of nitrogens with one attached hydrogen (secondary N) is 1. The highest BCUT2D eigenvalue weighted by molar-refractivity contribution is 7.92. The summed E-state index contributed by atoms with van der Waals surface area (Å²) in [6, 6.07) is 13.3. The summed E-state index contributed by atoms with van der Waals surface area (Å²) >= 11 is 5.92. The van der Waals surface area contributed by atoms with Crippen molar-refractivity contribution in [2.24, 2.45) is 0 Å². The zero-order chi connectivity index (χ0) is 22.6. The van der Waals surface area contributed by atoms with Crippen LogP contribution in [0.4, 0.5) is 5.69 Å². The first-order valence-corrected chi connectivity index (χ1v) is 12.0. The van der Waals surface area contributed by atoms with Crippen LogP contribution in [0.25, 0.3) is 5.69 Å². The number of carbonyl (C=O) groups is 1. The molecule has 9 heteroatoms. The Labute approximate surface area is 187 Å². The number of hydrogen-bond donors (Lipinski definition) is 1. The summed E-state index contributed by atoms with van der Waals surface area (Å²) in [5, 5.41) is 3.35. The van der Waals surface area contributed by atoms with Crippen LogP contribution in [-0.4, -0.2) is 36.2 Å². The molecule has 0 fully saturated rings. The maximum atomic E-state index is 12.9. The van der Waals surface area contributed by atoms with E-state index in [1.165, 1.54) is 0 Å². The molecule has 31 heavy (non-hydrogen) atoms. The smallest absolute Gasteiger partial charge is 0.244 e. The standard InChI is InChI=1S/C22H25ClN4O3S/c1-4-21(27(31(3,29)30)20-11-7-18(23)8-12-20)22(28)25-15-17-5-9-19(10-6-17)26-14-13-24-16(26)2/h5-14,21H,4,15H2,1-3H3,(H,25,28). The summed E-state index contributed by atoms with van der Waals surface area (Å²) in [6.45, 7) is 3.99. The number of carbonyl (C=O) groups excluding carboxylic acids is 1. The highest BCUT2D eigenvalue weighted by Crippen LogP contribution is 2.24. The topological polar surface area (TPSA) is 84.3 Å². The third-order valence-electron chi connectivity index (χ3n) is 4.92. The molecule has 1 N–H and O–H groups in total. The summed E-state index contributed by atoms with van der Waals surface area (Å²) < 4.78 is 28.1. The first-order valence-electron chi connectivity index (χ1n) is 9.82. The predicted octanol–water partition coefficient (Wildman–Crippen LogP) is 3.70. The molecule has 0 aliphatic heterocycles. The molecule has 0 bridgehead atoms. The van der Waals surface area contributed by atoms with Crippen molar-refractivity contribution < 1.29 is 13.2 Å². The van der Waals surface area contributed by atoms with Crippen LogP contribution in [-0.2, 0) is 21.4 Å². The Morgan fingerprint density at radius 2 is 1.81 bits per heavy atom. The highest BCUT2D eigenvalue weighted by atomic mass is 35.5. The van der Waals surface area contributed by atoms with Gasteiger partial charge in [0.2, 0.25) is 15.9 Å². The van der Waals surface area contributed by atoms with Gasteiger partial charge in [-0.1, -0.05) is 30.7 Å². The van der Waals surface area contributed by atoms with E-state index in [4.69, 9.17) is 11.6 Å². The molecule has 3 aromatic rings. The van der Waals surface area contributed by atoms with E-state index in [1.54, 1.807) is 37.4 Å². The van der Waals surface area contributed by atoms with Crippen molar-refractivity contribution in [1.82, 2.24) is 14.9 Å². The van der Waals surface area contributed by atoms with Crippen LogP contribution in [0, 0.1) is 6.92 Å². The number of halogens is 1. The number of hydrogen-bond acceptors (Lipinski definition) is 4. The molecule has 7 nitrogen and oxygen atoms in total. The fourth-order valence-corrected chi connectivity index (χ4v) is 4.72. The van der Waals surface area contributed by atoms with Gasteiger partial charge in [0.1, 0.15) is 11.9 Å². The van der Waals surface area contributed by atoms with Crippen molar-refractivity contribution in [2.75, 3.05) is 10.6 Å². The van der Waals surface area contributed by atoms with E-state index < -0.39 is 16.1 Å². The molecule has 1 atom stereocenters. The zero-order valence-electron chi connectivity index (χ0n) is 17.6. The molecule has 1 heterocycles. The van der Waals surface area contributed by atoms with Gasteiger partial charge in [-0.3, -0.25) is 9.10 Å². The average Bonchev–Trinajstić information content (AvgIpc) is 3.16. The minimum absolute atomic E-state index is 0.288. The number of aryl methyl sites for hydroxylation is 1. The highest BCUT2D eigenvalue weighted by Gasteiger charge is 2.31. The molecular formula is C22H25ClN4O3S. The molecule has 0 saturated carbocycles. The van der Waals surface area contributed by atoms with Crippen LogP contribution in [0.15, 0.2) is 60.9 Å². The first kappa shape index (κ1) is 22.8. The van der Waals surface area contributed by atoms with Gasteiger partial charge in [0, 0.05) is 29.6 Å². The molecule has 3 rings (SSSR count). The zero-order valence-corrected chi connectivity index (χ0v) is 19.2. The number of benzene rings is 2. The second kappa shape index (κ2) is 9.53. The Morgan fingerprint density at radius 3 is 2.32 bits per heavy atom. The minimum Gasteiger partial charge on any atom is -0.350 e. The second-order valence-corrected chi connectivity index (χ2v) is 9.48. The lowest BCUT2D eigenvalue weighted by Gasteiger charge is -2.30. The Morgan fingerprint density at radius 1 is 1.16 bits per heavy atom. The number of imidazole rings is 1. The monoisotopic (exact) mass is 460 g/mol. The van der Waals surface area contributed by atoms with E-state index >= 15 is 0 Å². The van der Waals surface area contributed by atoms with Crippen LogP contribution >= 0.6 is 11.6 Å². The summed E-state index contributed by atoms with van der Waals surface area (Å²) in [5.41, 5.74) is 2.28. The molecule has 0 radical (unpaired) electrons. The van der Waals surface area contributed by atoms with E-state index in [-0.39, 0.29) is 12.5 Å². The van der Waals surface area contributed by atoms with Gasteiger partial charge in [-0.2, -0.15) is 0 Å². The van der Waals surface area contributed by atoms with Crippen LogP contribution in [0.1, 0.15) is 24.7 Å². The van der Waals surface area contributed by atoms with Crippen molar-refractivity contribution in [3.63, 3.8) is 0 Å². The van der Waals surface area contributed by atoms with E-state index in [1.807, 2.05) is 42.0 Å². The van der Waals surface area contributed by atoms with E-state index in [0.717, 1.165) is 27.6 Å². The molecule has 1 aromatic heterocycles. The lowest BCUT2D eigenvalue weighted by molar-refractivity contribution is -0.122. The van der Waals surface area contributed by atoms with Gasteiger partial charge in [0.15, 0.2) is 0 Å². The maximum Gasteiger partial charge on any atom is 0.244 e. The summed E-state index contributed by atoms with van der Waals surface area (Å²) in [5.74, 6) is 0.521. The number of rotatable bonds is 8. The summed E-state index contributed by atoms with van der Waals surface area (Å²) in [6.07, 6.45) is 5.03. The van der Waals surface area contributed by atoms with Gasteiger partial charge >= 0.3 is 0 Å². The normalized spacial score (nSPS) is 12.4. The number of amides is 1. The lowest BCUT2D eigenvalue weighted by atomic mass is 10.1. The predicted molar refractivity (Wildman–Crippen MR) is 123 cm³/mol. The molecule has 0 aliphatic carbocycles.